The molecule has 6 nitrogen and oxygen atoms in total. The third-order valence-corrected chi connectivity index (χ3v) is 5.57. The lowest BCUT2D eigenvalue weighted by Crippen LogP contribution is -2.11. The first-order chi connectivity index (χ1) is 12.3. The van der Waals surface area contributed by atoms with E-state index in [0.717, 1.165) is 5.56 Å². The van der Waals surface area contributed by atoms with Crippen molar-refractivity contribution in [2.45, 2.75) is 11.8 Å². The highest BCUT2D eigenvalue weighted by atomic mass is 79.9. The lowest BCUT2D eigenvalue weighted by atomic mass is 10.2. The first-order valence-corrected chi connectivity index (χ1v) is 9.61. The summed E-state index contributed by atoms with van der Waals surface area (Å²) in [5.41, 5.74) is 1.53. The van der Waals surface area contributed by atoms with Gasteiger partial charge in [0.05, 0.1) is 14.2 Å². The van der Waals surface area contributed by atoms with Gasteiger partial charge in [0.1, 0.15) is 4.90 Å². The van der Waals surface area contributed by atoms with Crippen LogP contribution in [-0.4, -0.2) is 28.6 Å². The van der Waals surface area contributed by atoms with Crippen molar-refractivity contribution in [2.75, 3.05) is 14.2 Å². The fourth-order valence-electron chi connectivity index (χ4n) is 2.06. The van der Waals surface area contributed by atoms with Crippen LogP contribution in [0.15, 0.2) is 51.8 Å². The molecular formula is C18H17BrO6S. The van der Waals surface area contributed by atoms with Crippen molar-refractivity contribution >= 4 is 38.1 Å². The highest BCUT2D eigenvalue weighted by molar-refractivity contribution is 9.10. The highest BCUT2D eigenvalue weighted by Gasteiger charge is 2.22. The minimum absolute atomic E-state index is 0.0137. The maximum absolute atomic E-state index is 12.6. The standard InChI is InChI=1S/C18H17BrO6S/c1-12-4-8-17(14(19)10-12)26(21,22)25-15-7-5-13(11-16(15)23-2)6-9-18(20)24-3/h4-11H,1-3H3/b9-6+. The van der Waals surface area contributed by atoms with Crippen LogP contribution < -0.4 is 8.92 Å². The fourth-order valence-corrected chi connectivity index (χ4v) is 4.15. The summed E-state index contributed by atoms with van der Waals surface area (Å²) in [6.07, 6.45) is 2.76. The van der Waals surface area contributed by atoms with Crippen molar-refractivity contribution < 1.29 is 26.9 Å². The second-order valence-corrected chi connectivity index (χ2v) is 7.61. The van der Waals surface area contributed by atoms with Crippen LogP contribution in [0.4, 0.5) is 0 Å². The summed E-state index contributed by atoms with van der Waals surface area (Å²) in [5, 5.41) is 0. The summed E-state index contributed by atoms with van der Waals surface area (Å²) in [5.74, 6) is -0.255. The van der Waals surface area contributed by atoms with Crippen molar-refractivity contribution in [3.8, 4) is 11.5 Å². The topological polar surface area (TPSA) is 78.9 Å². The average molecular weight is 441 g/mol. The van der Waals surface area contributed by atoms with Gasteiger partial charge in [-0.3, -0.25) is 0 Å². The molecule has 8 heteroatoms. The number of ether oxygens (including phenoxy) is 2. The molecule has 26 heavy (non-hydrogen) atoms. The van der Waals surface area contributed by atoms with Crippen LogP contribution >= 0.6 is 15.9 Å². The summed E-state index contributed by atoms with van der Waals surface area (Å²) in [4.78, 5) is 11.2. The zero-order valence-corrected chi connectivity index (χ0v) is 16.8. The largest absolute Gasteiger partial charge is 0.493 e. The molecule has 138 valence electrons. The predicted molar refractivity (Wildman–Crippen MR) is 101 cm³/mol. The number of benzene rings is 2. The molecule has 2 aromatic rings. The summed E-state index contributed by atoms with van der Waals surface area (Å²) >= 11 is 3.24. The van der Waals surface area contributed by atoms with Crippen molar-refractivity contribution in [1.29, 1.82) is 0 Å². The Bertz CT molecular complexity index is 950. The molecule has 0 saturated heterocycles. The molecule has 0 saturated carbocycles. The van der Waals surface area contributed by atoms with Gasteiger partial charge in [-0.15, -0.1) is 0 Å². The smallest absolute Gasteiger partial charge is 0.340 e. The van der Waals surface area contributed by atoms with Gasteiger partial charge in [0.15, 0.2) is 11.5 Å². The van der Waals surface area contributed by atoms with Crippen LogP contribution in [0.2, 0.25) is 0 Å². The number of hydrogen-bond acceptors (Lipinski definition) is 6. The molecule has 0 aromatic heterocycles. The second kappa shape index (κ2) is 8.37. The molecule has 0 heterocycles. The molecule has 2 rings (SSSR count). The minimum atomic E-state index is -4.05. The first-order valence-electron chi connectivity index (χ1n) is 7.41. The number of carbonyl (C=O) groups excluding carboxylic acids is 1. The lowest BCUT2D eigenvalue weighted by molar-refractivity contribution is -0.134. The zero-order valence-electron chi connectivity index (χ0n) is 14.4. The Morgan fingerprint density at radius 1 is 1.08 bits per heavy atom. The monoisotopic (exact) mass is 440 g/mol. The molecule has 0 bridgehead atoms. The van der Waals surface area contributed by atoms with Crippen LogP contribution in [0.3, 0.4) is 0 Å². The van der Waals surface area contributed by atoms with Gasteiger partial charge in [0.2, 0.25) is 0 Å². The Hall–Kier alpha value is -2.32. The van der Waals surface area contributed by atoms with E-state index in [2.05, 4.69) is 20.7 Å². The molecule has 0 aliphatic carbocycles. The molecule has 0 fully saturated rings. The molecular weight excluding hydrogens is 424 g/mol. The minimum Gasteiger partial charge on any atom is -0.493 e. The molecule has 0 spiro atoms. The van der Waals surface area contributed by atoms with E-state index < -0.39 is 16.1 Å². The van der Waals surface area contributed by atoms with Gasteiger partial charge in [0, 0.05) is 10.5 Å². The van der Waals surface area contributed by atoms with Crippen LogP contribution in [0.5, 0.6) is 11.5 Å². The quantitative estimate of drug-likeness (QED) is 0.386. The first kappa shape index (κ1) is 20.0. The third-order valence-electron chi connectivity index (χ3n) is 3.36. The van der Waals surface area contributed by atoms with Crippen molar-refractivity contribution in [2.24, 2.45) is 0 Å². The lowest BCUT2D eigenvalue weighted by Gasteiger charge is -2.12. The Morgan fingerprint density at radius 2 is 1.81 bits per heavy atom. The molecule has 0 atom stereocenters. The number of halogens is 1. The van der Waals surface area contributed by atoms with Crippen molar-refractivity contribution in [3.05, 3.63) is 58.1 Å². The van der Waals surface area contributed by atoms with Crippen LogP contribution in [0.25, 0.3) is 6.08 Å². The maximum atomic E-state index is 12.6. The molecule has 0 aliphatic heterocycles. The average Bonchev–Trinajstić information content (AvgIpc) is 2.59. The van der Waals surface area contributed by atoms with Crippen molar-refractivity contribution in [1.82, 2.24) is 0 Å². The number of methoxy groups -OCH3 is 2. The summed E-state index contributed by atoms with van der Waals surface area (Å²) in [7, 11) is -1.39. The molecule has 0 unspecified atom stereocenters. The Kier molecular flexibility index (Phi) is 6.44. The molecule has 0 radical (unpaired) electrons. The van der Waals surface area contributed by atoms with E-state index in [0.29, 0.717) is 10.0 Å². The number of hydrogen-bond donors (Lipinski definition) is 0. The number of esters is 1. The van der Waals surface area contributed by atoms with E-state index in [4.69, 9.17) is 8.92 Å². The Balaban J connectivity index is 2.33. The van der Waals surface area contributed by atoms with Crippen LogP contribution in [0, 0.1) is 6.92 Å². The molecule has 0 N–H and O–H groups in total. The summed E-state index contributed by atoms with van der Waals surface area (Å²) in [6.45, 7) is 1.85. The fraction of sp³-hybridized carbons (Fsp3) is 0.167. The van der Waals surface area contributed by atoms with Gasteiger partial charge < -0.3 is 13.7 Å². The Labute approximate surface area is 160 Å². The van der Waals surface area contributed by atoms with Crippen LogP contribution in [-0.2, 0) is 19.6 Å². The van der Waals surface area contributed by atoms with E-state index in [1.165, 1.54) is 38.5 Å². The van der Waals surface area contributed by atoms with E-state index in [1.807, 2.05) is 6.92 Å². The SMILES string of the molecule is COC(=O)/C=C/c1ccc(OS(=O)(=O)c2ccc(C)cc2Br)c(OC)c1. The molecule has 0 aliphatic rings. The zero-order chi connectivity index (χ0) is 19.3. The molecule has 0 amide bonds. The Morgan fingerprint density at radius 3 is 2.42 bits per heavy atom. The van der Waals surface area contributed by atoms with E-state index in [1.54, 1.807) is 24.3 Å². The molecule has 2 aromatic carbocycles. The maximum Gasteiger partial charge on any atom is 0.340 e. The summed E-state index contributed by atoms with van der Waals surface area (Å²) < 4.78 is 40.5. The second-order valence-electron chi connectivity index (χ2n) is 5.24. The van der Waals surface area contributed by atoms with Gasteiger partial charge >= 0.3 is 16.1 Å². The van der Waals surface area contributed by atoms with Gasteiger partial charge in [-0.25, -0.2) is 4.79 Å². The number of aryl methyl sites for hydroxylation is 1. The van der Waals surface area contributed by atoms with Gasteiger partial charge in [-0.1, -0.05) is 12.1 Å². The number of rotatable bonds is 6. The van der Waals surface area contributed by atoms with Gasteiger partial charge in [-0.2, -0.15) is 8.42 Å². The van der Waals surface area contributed by atoms with E-state index in [-0.39, 0.29) is 16.4 Å². The summed E-state index contributed by atoms with van der Waals surface area (Å²) in [6, 6.07) is 9.43. The highest BCUT2D eigenvalue weighted by Crippen LogP contribution is 2.33. The van der Waals surface area contributed by atoms with Crippen LogP contribution in [0.1, 0.15) is 11.1 Å². The van der Waals surface area contributed by atoms with E-state index >= 15 is 0 Å². The van der Waals surface area contributed by atoms with Crippen molar-refractivity contribution in [3.63, 3.8) is 0 Å². The van der Waals surface area contributed by atoms with Gasteiger partial charge in [-0.05, 0) is 64.3 Å². The third kappa shape index (κ3) is 4.86. The normalized spacial score (nSPS) is 11.4. The van der Waals surface area contributed by atoms with Gasteiger partial charge in [0.25, 0.3) is 0 Å². The predicted octanol–water partition coefficient (Wildman–Crippen LogP) is 3.72. The van der Waals surface area contributed by atoms with E-state index in [9.17, 15) is 13.2 Å². The number of carbonyl (C=O) groups is 1.